The largest absolute Gasteiger partial charge is 0.501 e. The van der Waals surface area contributed by atoms with Gasteiger partial charge >= 0.3 is 0 Å². The van der Waals surface area contributed by atoms with Crippen molar-refractivity contribution in [1.82, 2.24) is 9.97 Å². The molecule has 22 heavy (non-hydrogen) atoms. The van der Waals surface area contributed by atoms with Gasteiger partial charge in [0.2, 0.25) is 5.95 Å². The topological polar surface area (TPSA) is 47.0 Å². The summed E-state index contributed by atoms with van der Waals surface area (Å²) >= 11 is 1.67. The summed E-state index contributed by atoms with van der Waals surface area (Å²) in [5, 5.41) is 5.32. The van der Waals surface area contributed by atoms with E-state index in [1.165, 1.54) is 0 Å². The molecule has 112 valence electrons. The van der Waals surface area contributed by atoms with E-state index >= 15 is 0 Å². The van der Waals surface area contributed by atoms with Gasteiger partial charge in [0, 0.05) is 18.3 Å². The molecule has 3 rings (SSSR count). The number of ether oxygens (including phenoxy) is 1. The van der Waals surface area contributed by atoms with E-state index in [0.717, 1.165) is 34.9 Å². The Hall–Kier alpha value is -2.40. The lowest BCUT2D eigenvalue weighted by Crippen LogP contribution is -2.03. The van der Waals surface area contributed by atoms with E-state index in [4.69, 9.17) is 4.74 Å². The molecule has 2 heterocycles. The van der Waals surface area contributed by atoms with Crippen molar-refractivity contribution in [3.8, 4) is 10.6 Å². The molecule has 0 spiro atoms. The molecule has 0 saturated heterocycles. The number of anilines is 1. The molecular weight excluding hydrogens is 294 g/mol. The standard InChI is InChI=1S/C17H17N3OS/c1-21-14-7-2-5-13(6-3-8-14)19-17-18-11-10-15(20-17)16-9-4-12-22-16/h2,4-6,8-12H,3,7H2,1H3,(H,18,19,20)/b5-2-,13-6+,14-8+. The third-order valence-electron chi connectivity index (χ3n) is 3.25. The molecule has 0 fully saturated rings. The smallest absolute Gasteiger partial charge is 0.227 e. The Bertz CT molecular complexity index is 717. The fourth-order valence-electron chi connectivity index (χ4n) is 2.14. The van der Waals surface area contributed by atoms with Gasteiger partial charge in [-0.2, -0.15) is 0 Å². The van der Waals surface area contributed by atoms with Crippen LogP contribution in [0, 0.1) is 0 Å². The third kappa shape index (κ3) is 3.62. The van der Waals surface area contributed by atoms with Crippen LogP contribution in [0.15, 0.2) is 65.5 Å². The van der Waals surface area contributed by atoms with E-state index in [1.807, 2.05) is 23.6 Å². The van der Waals surface area contributed by atoms with Crippen LogP contribution in [0.4, 0.5) is 5.95 Å². The molecule has 0 atom stereocenters. The first-order valence-corrected chi connectivity index (χ1v) is 7.97. The van der Waals surface area contributed by atoms with E-state index < -0.39 is 0 Å². The molecule has 2 aromatic rings. The zero-order valence-corrected chi connectivity index (χ0v) is 13.1. The van der Waals surface area contributed by atoms with Gasteiger partial charge in [0.1, 0.15) is 0 Å². The van der Waals surface area contributed by atoms with Crippen LogP contribution in [-0.2, 0) is 4.74 Å². The number of methoxy groups -OCH3 is 1. The predicted octanol–water partition coefficient (Wildman–Crippen LogP) is 4.38. The minimum absolute atomic E-state index is 0.610. The Labute approximate surface area is 133 Å². The maximum absolute atomic E-state index is 5.27. The van der Waals surface area contributed by atoms with Crippen LogP contribution in [-0.4, -0.2) is 17.1 Å². The van der Waals surface area contributed by atoms with E-state index in [9.17, 15) is 0 Å². The summed E-state index contributed by atoms with van der Waals surface area (Å²) < 4.78 is 5.27. The number of nitrogens with one attached hydrogen (secondary N) is 1. The van der Waals surface area contributed by atoms with Gasteiger partial charge in [-0.15, -0.1) is 11.3 Å². The number of hydrogen-bond donors (Lipinski definition) is 1. The fraction of sp³-hybridized carbons (Fsp3) is 0.176. The molecule has 0 saturated carbocycles. The molecule has 0 aromatic carbocycles. The van der Waals surface area contributed by atoms with Gasteiger partial charge in [-0.1, -0.05) is 18.2 Å². The summed E-state index contributed by atoms with van der Waals surface area (Å²) in [6.07, 6.45) is 11.7. The van der Waals surface area contributed by atoms with Crippen LogP contribution in [0.1, 0.15) is 12.8 Å². The Morgan fingerprint density at radius 1 is 1.27 bits per heavy atom. The molecule has 0 amide bonds. The first-order chi connectivity index (χ1) is 10.8. The van der Waals surface area contributed by atoms with Gasteiger partial charge in [-0.05, 0) is 36.1 Å². The molecule has 4 nitrogen and oxygen atoms in total. The van der Waals surface area contributed by atoms with E-state index in [0.29, 0.717) is 5.95 Å². The van der Waals surface area contributed by atoms with Gasteiger partial charge in [0.15, 0.2) is 0 Å². The van der Waals surface area contributed by atoms with E-state index in [1.54, 1.807) is 24.6 Å². The first-order valence-electron chi connectivity index (χ1n) is 7.09. The van der Waals surface area contributed by atoms with Crippen LogP contribution in [0.5, 0.6) is 0 Å². The molecule has 1 N–H and O–H groups in total. The van der Waals surface area contributed by atoms with Crippen LogP contribution in [0.2, 0.25) is 0 Å². The van der Waals surface area contributed by atoms with Crippen molar-refractivity contribution in [2.24, 2.45) is 0 Å². The van der Waals surface area contributed by atoms with Crippen molar-refractivity contribution in [3.05, 3.63) is 65.5 Å². The van der Waals surface area contributed by atoms with Crippen LogP contribution >= 0.6 is 11.3 Å². The molecule has 0 aliphatic heterocycles. The number of thiophene rings is 1. The van der Waals surface area contributed by atoms with Gasteiger partial charge in [0.25, 0.3) is 0 Å². The summed E-state index contributed by atoms with van der Waals surface area (Å²) in [7, 11) is 1.70. The number of hydrogen-bond acceptors (Lipinski definition) is 5. The lowest BCUT2D eigenvalue weighted by atomic mass is 10.2. The zero-order chi connectivity index (χ0) is 15.2. The van der Waals surface area contributed by atoms with Gasteiger partial charge in [0.05, 0.1) is 23.4 Å². The molecular formula is C17H17N3OS. The van der Waals surface area contributed by atoms with Crippen molar-refractivity contribution in [2.75, 3.05) is 12.4 Å². The summed E-state index contributed by atoms with van der Waals surface area (Å²) in [6.45, 7) is 0. The Kier molecular flexibility index (Phi) is 4.65. The normalized spacial score (nSPS) is 20.8. The lowest BCUT2D eigenvalue weighted by Gasteiger charge is -2.09. The third-order valence-corrected chi connectivity index (χ3v) is 4.14. The van der Waals surface area contributed by atoms with Crippen molar-refractivity contribution in [3.63, 3.8) is 0 Å². The quantitative estimate of drug-likeness (QED) is 0.910. The van der Waals surface area contributed by atoms with Gasteiger partial charge in [-0.25, -0.2) is 9.97 Å². The van der Waals surface area contributed by atoms with Crippen molar-refractivity contribution < 1.29 is 4.74 Å². The zero-order valence-electron chi connectivity index (χ0n) is 12.3. The van der Waals surface area contributed by atoms with Crippen LogP contribution in [0.25, 0.3) is 10.6 Å². The predicted molar refractivity (Wildman–Crippen MR) is 90.5 cm³/mol. The highest BCUT2D eigenvalue weighted by molar-refractivity contribution is 7.13. The number of rotatable bonds is 4. The number of aromatic nitrogens is 2. The number of allylic oxidation sites excluding steroid dienone is 4. The Morgan fingerprint density at radius 3 is 3.05 bits per heavy atom. The minimum atomic E-state index is 0.610. The van der Waals surface area contributed by atoms with Gasteiger partial charge in [-0.3, -0.25) is 0 Å². The maximum Gasteiger partial charge on any atom is 0.227 e. The molecule has 5 heteroatoms. The second-order valence-corrected chi connectivity index (χ2v) is 5.69. The van der Waals surface area contributed by atoms with E-state index in [-0.39, 0.29) is 0 Å². The molecule has 0 radical (unpaired) electrons. The fourth-order valence-corrected chi connectivity index (χ4v) is 2.83. The second-order valence-electron chi connectivity index (χ2n) is 4.74. The molecule has 0 unspecified atom stereocenters. The monoisotopic (exact) mass is 311 g/mol. The van der Waals surface area contributed by atoms with Crippen LogP contribution < -0.4 is 5.32 Å². The summed E-state index contributed by atoms with van der Waals surface area (Å²) in [5.74, 6) is 1.60. The first kappa shape index (κ1) is 14.5. The summed E-state index contributed by atoms with van der Waals surface area (Å²) in [6, 6.07) is 6.00. The van der Waals surface area contributed by atoms with Gasteiger partial charge < -0.3 is 10.1 Å². The molecule has 0 bridgehead atoms. The van der Waals surface area contributed by atoms with Crippen LogP contribution in [0.3, 0.4) is 0 Å². The number of nitrogens with zero attached hydrogens (tertiary/aromatic N) is 2. The van der Waals surface area contributed by atoms with Crippen molar-refractivity contribution >= 4 is 17.3 Å². The molecule has 1 aliphatic carbocycles. The molecule has 1 aliphatic rings. The Morgan fingerprint density at radius 2 is 2.23 bits per heavy atom. The highest BCUT2D eigenvalue weighted by Crippen LogP contribution is 2.23. The SMILES string of the molecule is CO/C1=C/C/C=C(Nc2nccc(-c3cccs3)n2)\C=C/C1. The maximum atomic E-state index is 5.27. The van der Waals surface area contributed by atoms with E-state index in [2.05, 4.69) is 39.6 Å². The van der Waals surface area contributed by atoms with Crippen molar-refractivity contribution in [2.45, 2.75) is 12.8 Å². The summed E-state index contributed by atoms with van der Waals surface area (Å²) in [4.78, 5) is 10.0. The lowest BCUT2D eigenvalue weighted by molar-refractivity contribution is 0.283. The molecule has 2 aromatic heterocycles. The Balaban J connectivity index is 1.76. The highest BCUT2D eigenvalue weighted by Gasteiger charge is 2.04. The second kappa shape index (κ2) is 7.04. The minimum Gasteiger partial charge on any atom is -0.501 e. The average molecular weight is 311 g/mol. The summed E-state index contributed by atoms with van der Waals surface area (Å²) in [5.41, 5.74) is 1.93. The highest BCUT2D eigenvalue weighted by atomic mass is 32.1. The average Bonchev–Trinajstić information content (AvgIpc) is 3.04. The van der Waals surface area contributed by atoms with Crippen molar-refractivity contribution in [1.29, 1.82) is 0 Å².